The quantitative estimate of drug-likeness (QED) is 0.164. The molecular formula is C56H44O. The first kappa shape index (κ1) is 17.8. The Bertz CT molecular complexity index is 4590. The summed E-state index contributed by atoms with van der Waals surface area (Å²) in [6.07, 6.45) is 0. The zero-order valence-corrected chi connectivity index (χ0v) is 31.9. The van der Waals surface area contributed by atoms with Crippen molar-refractivity contribution >= 4 is 54.3 Å². The average Bonchev–Trinajstić information content (AvgIpc) is 3.43. The fourth-order valence-corrected chi connectivity index (χ4v) is 8.31. The predicted octanol–water partition coefficient (Wildman–Crippen LogP) is 15.9. The summed E-state index contributed by atoms with van der Waals surface area (Å²) in [6.45, 7) is 11.0. The Hall–Kier alpha value is -6.44. The van der Waals surface area contributed by atoms with Gasteiger partial charge in [-0.1, -0.05) is 152 Å². The van der Waals surface area contributed by atoms with Crippen molar-refractivity contribution in [3.63, 3.8) is 0 Å². The fourth-order valence-electron chi connectivity index (χ4n) is 8.31. The summed E-state index contributed by atoms with van der Waals surface area (Å²) in [5.74, 6) is 0. The molecule has 274 valence electrons. The number of benzene rings is 9. The summed E-state index contributed by atoms with van der Waals surface area (Å²) >= 11 is 0. The summed E-state index contributed by atoms with van der Waals surface area (Å²) in [7, 11) is 0. The van der Waals surface area contributed by atoms with Crippen LogP contribution < -0.4 is 0 Å². The van der Waals surface area contributed by atoms with E-state index in [4.69, 9.17) is 14.0 Å². The Morgan fingerprint density at radius 1 is 0.456 bits per heavy atom. The highest BCUT2D eigenvalue weighted by molar-refractivity contribution is 6.23. The third kappa shape index (κ3) is 4.82. The summed E-state index contributed by atoms with van der Waals surface area (Å²) in [4.78, 5) is 0. The van der Waals surface area contributed by atoms with Crippen molar-refractivity contribution in [1.82, 2.24) is 0 Å². The van der Waals surface area contributed by atoms with E-state index >= 15 is 0 Å². The van der Waals surface area contributed by atoms with Gasteiger partial charge in [-0.05, 0) is 146 Å². The molecule has 0 aliphatic heterocycles. The highest BCUT2D eigenvalue weighted by Crippen LogP contribution is 2.55. The summed E-state index contributed by atoms with van der Waals surface area (Å²) in [5.41, 5.74) is -3.86. The third-order valence-corrected chi connectivity index (χ3v) is 11.2. The summed E-state index contributed by atoms with van der Waals surface area (Å²) in [5, 5.41) is -2.09. The minimum Gasteiger partial charge on any atom is -0.456 e. The molecule has 57 heavy (non-hydrogen) atoms. The van der Waals surface area contributed by atoms with Crippen LogP contribution in [-0.2, 0) is 5.41 Å². The van der Waals surface area contributed by atoms with E-state index < -0.39 is 164 Å². The van der Waals surface area contributed by atoms with Gasteiger partial charge in [0.15, 0.2) is 0 Å². The largest absolute Gasteiger partial charge is 0.456 e. The van der Waals surface area contributed by atoms with Crippen LogP contribution in [0.3, 0.4) is 0 Å². The smallest absolute Gasteiger partial charge is 0.138 e. The second-order valence-corrected chi connectivity index (χ2v) is 15.1. The molecule has 0 radical (unpaired) electrons. The van der Waals surface area contributed by atoms with E-state index in [1.54, 1.807) is 34.6 Å². The molecule has 1 heterocycles. The first-order valence-corrected chi connectivity index (χ1v) is 18.4. The molecule has 1 aliphatic carbocycles. The number of fused-ring (bicyclic) bond motifs is 9. The minimum absolute atomic E-state index is 0.0129. The lowest BCUT2D eigenvalue weighted by molar-refractivity contribution is 0.660. The summed E-state index contributed by atoms with van der Waals surface area (Å²) < 4.78 is 223. The Kier molecular flexibility index (Phi) is 3.75. The molecule has 1 aromatic heterocycles. The lowest BCUT2D eigenvalue weighted by Gasteiger charge is -2.23. The molecule has 0 saturated carbocycles. The van der Waals surface area contributed by atoms with E-state index in [2.05, 4.69) is 0 Å². The van der Waals surface area contributed by atoms with E-state index in [1.165, 1.54) is 13.8 Å². The maximum Gasteiger partial charge on any atom is 0.138 e. The van der Waals surface area contributed by atoms with Crippen LogP contribution in [0.15, 0.2) is 143 Å². The van der Waals surface area contributed by atoms with Crippen LogP contribution in [0.2, 0.25) is 0 Å². The van der Waals surface area contributed by atoms with Crippen LogP contribution in [0.1, 0.15) is 84.3 Å². The van der Waals surface area contributed by atoms with Gasteiger partial charge in [-0.15, -0.1) is 0 Å². The molecule has 0 fully saturated rings. The van der Waals surface area contributed by atoms with E-state index in [9.17, 15) is 21.9 Å². The van der Waals surface area contributed by atoms with Gasteiger partial charge < -0.3 is 4.42 Å². The SMILES string of the molecule is [2H]c1c([2H])c(-c2c3c([2H])c([2H])c([2H])c([2H])c3c(-c3c([2H])c([2H])c(-c4c([2H])c([2H])c([2H])c5oc6c(C)c7c([2H])c(C)c(C)c([2H])c7c([2H])c6c45)c([2H])c3[2H])c3c([2H])c(C)c([2H])c([2H])c23)c2c(c1[2H])C(C)(C)c1c([2H])c(C)c([2H])c([2H])c1-2. The molecule has 10 aromatic rings. The second kappa shape index (κ2) is 12.0. The van der Waals surface area contributed by atoms with Crippen LogP contribution in [0.25, 0.3) is 98.8 Å². The van der Waals surface area contributed by atoms with Crippen molar-refractivity contribution in [3.05, 3.63) is 178 Å². The highest BCUT2D eigenvalue weighted by Gasteiger charge is 2.37. The van der Waals surface area contributed by atoms with E-state index in [-0.39, 0.29) is 107 Å². The molecule has 11 rings (SSSR count). The van der Waals surface area contributed by atoms with Crippen molar-refractivity contribution in [2.24, 2.45) is 0 Å². The number of aryl methyl sites for hydroxylation is 1. The zero-order chi connectivity index (χ0) is 58.9. The molecule has 0 atom stereocenters. The molecule has 0 spiro atoms. The maximum atomic E-state index is 9.93. The fraction of sp³-hybridized carbons (Fsp3) is 0.143. The first-order valence-electron chi connectivity index (χ1n) is 29.9. The van der Waals surface area contributed by atoms with Gasteiger partial charge in [-0.3, -0.25) is 0 Å². The maximum absolute atomic E-state index is 9.93. The minimum atomic E-state index is -1.38. The molecular weight excluding hydrogens is 689 g/mol. The van der Waals surface area contributed by atoms with Crippen LogP contribution in [0.5, 0.6) is 0 Å². The average molecular weight is 756 g/mol. The zero-order valence-electron chi connectivity index (χ0n) is 54.9. The lowest BCUT2D eigenvalue weighted by Crippen LogP contribution is -2.15. The third-order valence-electron chi connectivity index (χ3n) is 11.2. The number of furan rings is 1. The van der Waals surface area contributed by atoms with Gasteiger partial charge in [0.25, 0.3) is 0 Å². The molecule has 1 heteroatoms. The molecule has 0 unspecified atom stereocenters. The topological polar surface area (TPSA) is 13.1 Å². The Morgan fingerprint density at radius 3 is 1.93 bits per heavy atom. The predicted molar refractivity (Wildman–Crippen MR) is 244 cm³/mol. The van der Waals surface area contributed by atoms with Gasteiger partial charge in [0.2, 0.25) is 0 Å². The monoisotopic (exact) mass is 755 g/mol. The molecule has 0 N–H and O–H groups in total. The molecule has 0 saturated heterocycles. The van der Waals surface area contributed by atoms with Crippen LogP contribution in [0.4, 0.5) is 0 Å². The van der Waals surface area contributed by atoms with Crippen LogP contribution in [0, 0.1) is 34.6 Å². The summed E-state index contributed by atoms with van der Waals surface area (Å²) in [6, 6.07) is -14.4. The normalized spacial score (nSPS) is 19.0. The van der Waals surface area contributed by atoms with Crippen LogP contribution in [-0.4, -0.2) is 0 Å². The van der Waals surface area contributed by atoms with Crippen LogP contribution >= 0.6 is 0 Å². The van der Waals surface area contributed by atoms with E-state index in [1.807, 2.05) is 0 Å². The highest BCUT2D eigenvalue weighted by atomic mass is 16.3. The van der Waals surface area contributed by atoms with Gasteiger partial charge in [-0.2, -0.15) is 0 Å². The number of rotatable bonds is 3. The van der Waals surface area contributed by atoms with Gasteiger partial charge in [0.1, 0.15) is 11.2 Å². The van der Waals surface area contributed by atoms with Gasteiger partial charge in [0.05, 0.1) is 31.5 Å². The molecule has 1 aliphatic rings. The first-order chi connectivity index (χ1) is 37.2. The Morgan fingerprint density at radius 2 is 1.12 bits per heavy atom. The second-order valence-electron chi connectivity index (χ2n) is 15.1. The van der Waals surface area contributed by atoms with Crippen molar-refractivity contribution in [2.45, 2.75) is 53.9 Å². The molecule has 0 amide bonds. The van der Waals surface area contributed by atoms with Gasteiger partial charge >= 0.3 is 0 Å². The number of hydrogen-bond acceptors (Lipinski definition) is 1. The van der Waals surface area contributed by atoms with Crippen molar-refractivity contribution < 1.29 is 35.9 Å². The molecule has 1 nitrogen and oxygen atoms in total. The lowest BCUT2D eigenvalue weighted by atomic mass is 9.80. The van der Waals surface area contributed by atoms with Gasteiger partial charge in [0, 0.05) is 21.8 Å². The van der Waals surface area contributed by atoms with Gasteiger partial charge in [-0.25, -0.2) is 0 Å². The molecule has 9 aromatic carbocycles. The van der Waals surface area contributed by atoms with Crippen molar-refractivity contribution in [1.29, 1.82) is 0 Å². The van der Waals surface area contributed by atoms with E-state index in [0.29, 0.717) is 11.1 Å². The van der Waals surface area contributed by atoms with E-state index in [0.717, 1.165) is 0 Å². The van der Waals surface area contributed by atoms with Crippen molar-refractivity contribution in [3.8, 4) is 44.5 Å². The molecule has 0 bridgehead atoms. The van der Waals surface area contributed by atoms with Crippen molar-refractivity contribution in [2.75, 3.05) is 0 Å². The standard InChI is InChI=1S/C56H44O/c1-31-18-24-42-46(26-31)51(40-12-8-9-13-41(40)52(42)44-15-10-16-48-53(44)43-25-19-32(2)27-49(43)56(48,6)7)37-22-20-36(21-23-37)39-14-11-17-50-54(39)47-30-38-28-33(3)34(4)29-45(38)35(5)55(47)57-50/h8-30H,1-7H3/i8D,9D,10D,11D,12D,13D,14D,15D,16D,17D,18D,19D,20D,21D,22D,23D,24D,25D,26D,27D,28D,29D,30D. The Balaban J connectivity index is 1.37. The Labute approximate surface area is 366 Å². The number of hydrogen-bond donors (Lipinski definition) is 0.